The van der Waals surface area contributed by atoms with Gasteiger partial charge in [0.25, 0.3) is 0 Å². The van der Waals surface area contributed by atoms with Crippen LogP contribution in [0, 0.1) is 0 Å². The van der Waals surface area contributed by atoms with E-state index in [1.807, 2.05) is 30.1 Å². The average molecular weight is 363 g/mol. The number of hydrogen-bond donors (Lipinski definition) is 2. The van der Waals surface area contributed by atoms with Crippen LogP contribution in [0.15, 0.2) is 48.8 Å². The average Bonchev–Trinajstić information content (AvgIpc) is 3.27. The molecule has 138 valence electrons. The van der Waals surface area contributed by atoms with Crippen LogP contribution < -0.4 is 5.32 Å². The van der Waals surface area contributed by atoms with Crippen molar-refractivity contribution in [2.24, 2.45) is 7.05 Å². The molecular weight excluding hydrogens is 342 g/mol. The molecule has 0 radical (unpaired) electrons. The fraction of sp³-hybridized carbons (Fsp3) is 0.250. The van der Waals surface area contributed by atoms with Gasteiger partial charge in [-0.15, -0.1) is 0 Å². The first kappa shape index (κ1) is 17.2. The van der Waals surface area contributed by atoms with Crippen LogP contribution in [-0.2, 0) is 24.9 Å². The third-order valence-electron chi connectivity index (χ3n) is 5.03. The molecule has 0 fully saturated rings. The van der Waals surface area contributed by atoms with Crippen molar-refractivity contribution in [3.8, 4) is 11.1 Å². The van der Waals surface area contributed by atoms with Gasteiger partial charge in [-0.25, -0.2) is 4.98 Å². The maximum Gasteiger partial charge on any atom is 0.320 e. The summed E-state index contributed by atoms with van der Waals surface area (Å²) < 4.78 is 1.75. The normalized spacial score (nSPS) is 14.7. The molecule has 1 unspecified atom stereocenters. The number of fused-ring (bicyclic) bond motifs is 1. The van der Waals surface area contributed by atoms with E-state index in [1.54, 1.807) is 24.0 Å². The Labute approximate surface area is 157 Å². The summed E-state index contributed by atoms with van der Waals surface area (Å²) in [5.74, 6) is 0.827. The largest absolute Gasteiger partial charge is 0.480 e. The summed E-state index contributed by atoms with van der Waals surface area (Å²) in [5, 5.41) is 16.7. The van der Waals surface area contributed by atoms with Gasteiger partial charge in [0.1, 0.15) is 17.7 Å². The summed E-state index contributed by atoms with van der Waals surface area (Å²) in [7, 11) is 1.87. The van der Waals surface area contributed by atoms with Gasteiger partial charge in [0.2, 0.25) is 0 Å². The lowest BCUT2D eigenvalue weighted by Gasteiger charge is -2.19. The van der Waals surface area contributed by atoms with E-state index in [1.165, 1.54) is 11.1 Å². The number of aryl methyl sites for hydroxylation is 1. The number of benzene rings is 1. The van der Waals surface area contributed by atoms with Crippen molar-refractivity contribution in [3.05, 3.63) is 59.9 Å². The van der Waals surface area contributed by atoms with E-state index in [0.29, 0.717) is 13.1 Å². The second kappa shape index (κ2) is 6.85. The van der Waals surface area contributed by atoms with Crippen molar-refractivity contribution >= 4 is 17.6 Å². The van der Waals surface area contributed by atoms with Crippen LogP contribution in [0.25, 0.3) is 11.1 Å². The van der Waals surface area contributed by atoms with E-state index in [2.05, 4.69) is 33.6 Å². The smallest absolute Gasteiger partial charge is 0.320 e. The number of aromatic nitrogens is 3. The Bertz CT molecular complexity index is 998. The molecule has 0 amide bonds. The zero-order valence-corrected chi connectivity index (χ0v) is 15.3. The van der Waals surface area contributed by atoms with E-state index in [4.69, 9.17) is 0 Å². The van der Waals surface area contributed by atoms with Gasteiger partial charge in [0.05, 0.1) is 6.20 Å². The third-order valence-corrected chi connectivity index (χ3v) is 5.03. The summed E-state index contributed by atoms with van der Waals surface area (Å²) >= 11 is 0. The minimum atomic E-state index is -0.789. The number of aliphatic carboxylic acids is 1. The quantitative estimate of drug-likeness (QED) is 0.725. The molecule has 1 aromatic carbocycles. The highest BCUT2D eigenvalue weighted by atomic mass is 16.4. The van der Waals surface area contributed by atoms with Crippen molar-refractivity contribution in [2.45, 2.75) is 26.1 Å². The predicted molar refractivity (Wildman–Crippen MR) is 103 cm³/mol. The minimum Gasteiger partial charge on any atom is -0.480 e. The molecule has 0 spiro atoms. The molecule has 1 aliphatic heterocycles. The maximum atomic E-state index is 11.3. The predicted octanol–water partition coefficient (Wildman–Crippen LogP) is 3.01. The molecular formula is C20H21N5O2. The van der Waals surface area contributed by atoms with Crippen LogP contribution in [0.2, 0.25) is 0 Å². The summed E-state index contributed by atoms with van der Waals surface area (Å²) in [6.45, 7) is 3.06. The molecule has 7 nitrogen and oxygen atoms in total. The minimum absolute atomic E-state index is 0.489. The van der Waals surface area contributed by atoms with E-state index < -0.39 is 12.0 Å². The zero-order valence-electron chi connectivity index (χ0n) is 15.3. The highest BCUT2D eigenvalue weighted by Gasteiger charge is 2.27. The van der Waals surface area contributed by atoms with Gasteiger partial charge >= 0.3 is 5.97 Å². The van der Waals surface area contributed by atoms with E-state index in [0.717, 1.165) is 22.8 Å². The Balaban J connectivity index is 1.57. The number of anilines is 2. The third kappa shape index (κ3) is 3.41. The van der Waals surface area contributed by atoms with Gasteiger partial charge < -0.3 is 10.4 Å². The van der Waals surface area contributed by atoms with Gasteiger partial charge in [0.15, 0.2) is 0 Å². The molecule has 0 saturated carbocycles. The molecule has 0 bridgehead atoms. The Morgan fingerprint density at radius 3 is 2.63 bits per heavy atom. The van der Waals surface area contributed by atoms with Crippen LogP contribution in [0.1, 0.15) is 18.1 Å². The number of carboxylic acid groups (broad SMARTS) is 1. The van der Waals surface area contributed by atoms with Crippen molar-refractivity contribution in [3.63, 3.8) is 0 Å². The Hall–Kier alpha value is -3.19. The van der Waals surface area contributed by atoms with Crippen molar-refractivity contribution in [1.82, 2.24) is 19.7 Å². The number of nitrogens with zero attached hydrogens (tertiary/aromatic N) is 4. The zero-order chi connectivity index (χ0) is 19.0. The fourth-order valence-electron chi connectivity index (χ4n) is 3.34. The monoisotopic (exact) mass is 363 g/mol. The van der Waals surface area contributed by atoms with Crippen LogP contribution in [0.5, 0.6) is 0 Å². The van der Waals surface area contributed by atoms with Gasteiger partial charge in [0, 0.05) is 32.4 Å². The number of rotatable bonds is 5. The second-order valence-corrected chi connectivity index (χ2v) is 6.80. The first-order valence-corrected chi connectivity index (χ1v) is 8.81. The van der Waals surface area contributed by atoms with Gasteiger partial charge in [-0.1, -0.05) is 12.1 Å². The highest BCUT2D eigenvalue weighted by Crippen LogP contribution is 2.30. The Morgan fingerprint density at radius 1 is 1.11 bits per heavy atom. The molecule has 2 aromatic heterocycles. The highest BCUT2D eigenvalue weighted by molar-refractivity contribution is 5.73. The van der Waals surface area contributed by atoms with Crippen molar-refractivity contribution in [1.29, 1.82) is 0 Å². The maximum absolute atomic E-state index is 11.3. The molecule has 1 aliphatic rings. The number of carboxylic acids is 1. The molecule has 27 heavy (non-hydrogen) atoms. The van der Waals surface area contributed by atoms with E-state index in [9.17, 15) is 9.90 Å². The lowest BCUT2D eigenvalue weighted by atomic mass is 10.0. The topological polar surface area (TPSA) is 83.3 Å². The van der Waals surface area contributed by atoms with Gasteiger partial charge in [-0.05, 0) is 47.4 Å². The fourth-order valence-corrected chi connectivity index (χ4v) is 3.34. The van der Waals surface area contributed by atoms with E-state index in [-0.39, 0.29) is 0 Å². The van der Waals surface area contributed by atoms with E-state index >= 15 is 0 Å². The number of pyridine rings is 1. The van der Waals surface area contributed by atoms with Gasteiger partial charge in [-0.2, -0.15) is 5.10 Å². The summed E-state index contributed by atoms with van der Waals surface area (Å²) in [6, 6.07) is 11.7. The van der Waals surface area contributed by atoms with Crippen molar-refractivity contribution in [2.75, 3.05) is 5.32 Å². The van der Waals surface area contributed by atoms with Crippen LogP contribution in [0.3, 0.4) is 0 Å². The SMILES string of the molecule is CC(C(=O)O)N1Cc2ccc(-c3ccnc(Nc4ccnn4C)c3)cc2C1. The summed E-state index contributed by atoms with van der Waals surface area (Å²) in [4.78, 5) is 17.6. The molecule has 2 N–H and O–H groups in total. The summed E-state index contributed by atoms with van der Waals surface area (Å²) in [5.41, 5.74) is 4.52. The molecule has 0 aliphatic carbocycles. The first-order valence-electron chi connectivity index (χ1n) is 8.81. The molecule has 7 heteroatoms. The van der Waals surface area contributed by atoms with Crippen LogP contribution in [0.4, 0.5) is 11.6 Å². The Morgan fingerprint density at radius 2 is 1.89 bits per heavy atom. The standard InChI is InChI=1S/C20H21N5O2/c1-13(20(26)27)25-11-16-4-3-14(9-17(16)12-25)15-5-7-21-18(10-15)23-19-6-8-22-24(19)2/h3-10,13H,11-12H2,1-2H3,(H,21,23)(H,26,27). The lowest BCUT2D eigenvalue weighted by molar-refractivity contribution is -0.142. The van der Waals surface area contributed by atoms with Crippen molar-refractivity contribution < 1.29 is 9.90 Å². The summed E-state index contributed by atoms with van der Waals surface area (Å²) in [6.07, 6.45) is 3.51. The first-order chi connectivity index (χ1) is 13.0. The van der Waals surface area contributed by atoms with Crippen LogP contribution >= 0.6 is 0 Å². The number of nitrogens with one attached hydrogen (secondary N) is 1. The lowest BCUT2D eigenvalue weighted by Crippen LogP contribution is -2.34. The number of carbonyl (C=O) groups is 1. The molecule has 3 heterocycles. The van der Waals surface area contributed by atoms with Gasteiger partial charge in [-0.3, -0.25) is 14.4 Å². The molecule has 1 atom stereocenters. The molecule has 4 rings (SSSR count). The second-order valence-electron chi connectivity index (χ2n) is 6.80. The molecule has 3 aromatic rings. The van der Waals surface area contributed by atoms with Crippen LogP contribution in [-0.4, -0.2) is 36.8 Å². The molecule has 0 saturated heterocycles. The number of hydrogen-bond acceptors (Lipinski definition) is 5. The Kier molecular flexibility index (Phi) is 4.37.